The van der Waals surface area contributed by atoms with E-state index in [1.54, 1.807) is 6.20 Å². The van der Waals surface area contributed by atoms with Gasteiger partial charge in [-0.1, -0.05) is 12.1 Å². The lowest BCUT2D eigenvalue weighted by atomic mass is 10.2. The summed E-state index contributed by atoms with van der Waals surface area (Å²) in [5.74, 6) is 0.241. The van der Waals surface area contributed by atoms with Gasteiger partial charge in [0, 0.05) is 45.1 Å². The zero-order valence-electron chi connectivity index (χ0n) is 11.9. The van der Waals surface area contributed by atoms with Gasteiger partial charge < -0.3 is 0 Å². The Balaban J connectivity index is 1.46. The van der Waals surface area contributed by atoms with E-state index >= 15 is 0 Å². The molecule has 4 nitrogen and oxygen atoms in total. The van der Waals surface area contributed by atoms with E-state index < -0.39 is 0 Å². The first-order valence-corrected chi connectivity index (χ1v) is 8.09. The van der Waals surface area contributed by atoms with Crippen molar-refractivity contribution >= 4 is 17.1 Å². The number of hydrogen-bond acceptors (Lipinski definition) is 5. The molecule has 0 bridgehead atoms. The van der Waals surface area contributed by atoms with E-state index in [0.29, 0.717) is 6.54 Å². The molecule has 0 radical (unpaired) electrons. The lowest BCUT2D eigenvalue weighted by Gasteiger charge is -2.34. The van der Waals surface area contributed by atoms with E-state index in [1.165, 1.54) is 16.9 Å². The fraction of sp³-hybridized carbons (Fsp3) is 0.375. The zero-order chi connectivity index (χ0) is 14.5. The summed E-state index contributed by atoms with van der Waals surface area (Å²) in [5.41, 5.74) is 1.25. The normalized spacial score (nSPS) is 17.0. The van der Waals surface area contributed by atoms with Gasteiger partial charge in [-0.15, -0.1) is 11.3 Å². The summed E-state index contributed by atoms with van der Waals surface area (Å²) in [7, 11) is 0. The Morgan fingerprint density at radius 1 is 1.14 bits per heavy atom. The van der Waals surface area contributed by atoms with Gasteiger partial charge in [0.15, 0.2) is 5.78 Å². The second-order valence-electron chi connectivity index (χ2n) is 5.31. The molecule has 3 rings (SSSR count). The molecule has 1 saturated heterocycles. The number of hydrogen-bond donors (Lipinski definition) is 0. The van der Waals surface area contributed by atoms with Crippen molar-refractivity contribution < 1.29 is 4.79 Å². The number of nitrogens with zero attached hydrogens (tertiary/aromatic N) is 3. The molecule has 0 saturated carbocycles. The minimum absolute atomic E-state index is 0.241. The average molecular weight is 301 g/mol. The standard InChI is InChI=1S/C16H19N3OS/c20-15(16-4-2-10-21-16)13-19-8-6-18(7-9-19)12-14-3-1-5-17-11-14/h1-5,10-11H,6-9,12-13H2. The molecule has 0 spiro atoms. The highest BCUT2D eigenvalue weighted by Gasteiger charge is 2.19. The molecule has 0 aliphatic carbocycles. The number of carbonyl (C=O) groups is 1. The monoisotopic (exact) mass is 301 g/mol. The van der Waals surface area contributed by atoms with Crippen molar-refractivity contribution in [3.63, 3.8) is 0 Å². The Morgan fingerprint density at radius 3 is 2.62 bits per heavy atom. The quantitative estimate of drug-likeness (QED) is 0.793. The van der Waals surface area contributed by atoms with Gasteiger partial charge in [0.2, 0.25) is 0 Å². The minimum Gasteiger partial charge on any atom is -0.296 e. The van der Waals surface area contributed by atoms with Crippen LogP contribution in [0.5, 0.6) is 0 Å². The molecular formula is C16H19N3OS. The average Bonchev–Trinajstić information content (AvgIpc) is 3.05. The van der Waals surface area contributed by atoms with E-state index in [2.05, 4.69) is 20.9 Å². The number of pyridine rings is 1. The molecule has 1 aliphatic heterocycles. The van der Waals surface area contributed by atoms with E-state index in [-0.39, 0.29) is 5.78 Å². The summed E-state index contributed by atoms with van der Waals surface area (Å²) < 4.78 is 0. The Bertz CT molecular complexity index is 562. The number of thiophene rings is 1. The van der Waals surface area contributed by atoms with Crippen LogP contribution in [0.15, 0.2) is 42.0 Å². The van der Waals surface area contributed by atoms with Gasteiger partial charge in [-0.05, 0) is 23.1 Å². The van der Waals surface area contributed by atoms with Gasteiger partial charge in [-0.2, -0.15) is 0 Å². The van der Waals surface area contributed by atoms with Gasteiger partial charge in [0.1, 0.15) is 0 Å². The molecule has 0 amide bonds. The predicted octanol–water partition coefficient (Wildman–Crippen LogP) is 2.14. The summed E-state index contributed by atoms with van der Waals surface area (Å²) in [6.07, 6.45) is 3.73. The molecule has 2 aromatic rings. The first-order valence-electron chi connectivity index (χ1n) is 7.21. The molecule has 3 heterocycles. The number of aromatic nitrogens is 1. The molecule has 0 unspecified atom stereocenters. The van der Waals surface area contributed by atoms with Crippen molar-refractivity contribution in [3.05, 3.63) is 52.5 Å². The van der Waals surface area contributed by atoms with E-state index in [4.69, 9.17) is 0 Å². The number of rotatable bonds is 5. The van der Waals surface area contributed by atoms with Crippen LogP contribution in [0, 0.1) is 0 Å². The maximum atomic E-state index is 12.1. The molecule has 21 heavy (non-hydrogen) atoms. The Morgan fingerprint density at radius 2 is 1.95 bits per heavy atom. The van der Waals surface area contributed by atoms with Crippen molar-refractivity contribution in [1.82, 2.24) is 14.8 Å². The molecule has 1 fully saturated rings. The largest absolute Gasteiger partial charge is 0.296 e. The van der Waals surface area contributed by atoms with Crippen molar-refractivity contribution in [3.8, 4) is 0 Å². The maximum Gasteiger partial charge on any atom is 0.186 e. The first-order chi connectivity index (χ1) is 10.3. The van der Waals surface area contributed by atoms with Crippen LogP contribution in [0.25, 0.3) is 0 Å². The molecule has 0 N–H and O–H groups in total. The second kappa shape index (κ2) is 6.93. The van der Waals surface area contributed by atoms with Crippen LogP contribution in [0.4, 0.5) is 0 Å². The first kappa shape index (κ1) is 14.4. The van der Waals surface area contributed by atoms with Crippen LogP contribution < -0.4 is 0 Å². The number of Topliss-reactive ketones (excluding diaryl/α,β-unsaturated/α-hetero) is 1. The van der Waals surface area contributed by atoms with E-state index in [1.807, 2.05) is 29.8 Å². The Labute approximate surface area is 129 Å². The predicted molar refractivity (Wildman–Crippen MR) is 84.6 cm³/mol. The van der Waals surface area contributed by atoms with E-state index in [0.717, 1.165) is 37.6 Å². The lowest BCUT2D eigenvalue weighted by Crippen LogP contribution is -2.47. The smallest absolute Gasteiger partial charge is 0.186 e. The minimum atomic E-state index is 0.241. The molecule has 1 aliphatic rings. The van der Waals surface area contributed by atoms with Crippen molar-refractivity contribution in [2.45, 2.75) is 6.54 Å². The van der Waals surface area contributed by atoms with Crippen molar-refractivity contribution in [2.24, 2.45) is 0 Å². The molecular weight excluding hydrogens is 282 g/mol. The Kier molecular flexibility index (Phi) is 4.75. The molecule has 2 aromatic heterocycles. The molecule has 0 atom stereocenters. The van der Waals surface area contributed by atoms with Crippen LogP contribution in [-0.4, -0.2) is 53.3 Å². The molecule has 0 aromatic carbocycles. The number of carbonyl (C=O) groups excluding carboxylic acids is 1. The van der Waals surface area contributed by atoms with Crippen molar-refractivity contribution in [2.75, 3.05) is 32.7 Å². The van der Waals surface area contributed by atoms with Gasteiger partial charge in [0.05, 0.1) is 11.4 Å². The molecule has 5 heteroatoms. The summed E-state index contributed by atoms with van der Waals surface area (Å²) in [5, 5.41) is 1.96. The van der Waals surface area contributed by atoms with Gasteiger partial charge in [-0.3, -0.25) is 19.6 Å². The van der Waals surface area contributed by atoms with Crippen LogP contribution >= 0.6 is 11.3 Å². The lowest BCUT2D eigenvalue weighted by molar-refractivity contribution is 0.0847. The second-order valence-corrected chi connectivity index (χ2v) is 6.26. The third-order valence-electron chi connectivity index (χ3n) is 3.76. The van der Waals surface area contributed by atoms with Gasteiger partial charge in [-0.25, -0.2) is 0 Å². The van der Waals surface area contributed by atoms with Crippen LogP contribution in [-0.2, 0) is 6.54 Å². The van der Waals surface area contributed by atoms with Crippen LogP contribution in [0.2, 0.25) is 0 Å². The number of piperazine rings is 1. The zero-order valence-corrected chi connectivity index (χ0v) is 12.8. The highest BCUT2D eigenvalue weighted by atomic mass is 32.1. The fourth-order valence-corrected chi connectivity index (χ4v) is 3.23. The van der Waals surface area contributed by atoms with Crippen LogP contribution in [0.3, 0.4) is 0 Å². The summed E-state index contributed by atoms with van der Waals surface area (Å²) >= 11 is 1.53. The highest BCUT2D eigenvalue weighted by Crippen LogP contribution is 2.12. The van der Waals surface area contributed by atoms with Crippen molar-refractivity contribution in [1.29, 1.82) is 0 Å². The van der Waals surface area contributed by atoms with E-state index in [9.17, 15) is 4.79 Å². The summed E-state index contributed by atoms with van der Waals surface area (Å²) in [6, 6.07) is 7.93. The fourth-order valence-electron chi connectivity index (χ4n) is 2.57. The Hall–Kier alpha value is -1.56. The van der Waals surface area contributed by atoms with Gasteiger partial charge in [0.25, 0.3) is 0 Å². The third-order valence-corrected chi connectivity index (χ3v) is 4.67. The number of ketones is 1. The maximum absolute atomic E-state index is 12.1. The van der Waals surface area contributed by atoms with Crippen LogP contribution in [0.1, 0.15) is 15.2 Å². The third kappa shape index (κ3) is 3.97. The molecule has 110 valence electrons. The SMILES string of the molecule is O=C(CN1CCN(Cc2cccnc2)CC1)c1cccs1. The summed E-state index contributed by atoms with van der Waals surface area (Å²) in [6.45, 7) is 5.41. The highest BCUT2D eigenvalue weighted by molar-refractivity contribution is 7.12. The topological polar surface area (TPSA) is 36.4 Å². The van der Waals surface area contributed by atoms with Gasteiger partial charge >= 0.3 is 0 Å². The summed E-state index contributed by atoms with van der Waals surface area (Å²) in [4.78, 5) is 21.8.